The number of benzene rings is 3. The number of nitrogens with zero attached hydrogens (tertiary/aromatic N) is 2. The van der Waals surface area contributed by atoms with Crippen molar-refractivity contribution >= 4 is 12.1 Å². The lowest BCUT2D eigenvalue weighted by Crippen LogP contribution is -2.43. The van der Waals surface area contributed by atoms with Gasteiger partial charge in [-0.3, -0.25) is 9.89 Å². The zero-order valence-electron chi connectivity index (χ0n) is 18.7. The van der Waals surface area contributed by atoms with E-state index in [4.69, 9.17) is 9.47 Å². The highest BCUT2D eigenvalue weighted by Gasteiger charge is 2.39. The van der Waals surface area contributed by atoms with Gasteiger partial charge in [0.15, 0.2) is 17.1 Å². The van der Waals surface area contributed by atoms with Crippen LogP contribution in [-0.4, -0.2) is 41.6 Å². The van der Waals surface area contributed by atoms with E-state index in [9.17, 15) is 9.90 Å². The first-order chi connectivity index (χ1) is 16.6. The number of hydrogen-bond donors (Lipinski definition) is 3. The van der Waals surface area contributed by atoms with Crippen molar-refractivity contribution in [1.82, 2.24) is 15.6 Å². The molecule has 34 heavy (non-hydrogen) atoms. The molecule has 4 aromatic rings. The maximum absolute atomic E-state index is 13.2. The fourth-order valence-electron chi connectivity index (χ4n) is 3.65. The van der Waals surface area contributed by atoms with E-state index in [0.717, 1.165) is 5.56 Å². The Hall–Kier alpha value is -4.43. The van der Waals surface area contributed by atoms with Gasteiger partial charge in [-0.25, -0.2) is 5.43 Å². The Morgan fingerprint density at radius 3 is 2.18 bits per heavy atom. The molecular weight excluding hydrogens is 432 g/mol. The highest BCUT2D eigenvalue weighted by molar-refractivity contribution is 5.93. The number of hydrogen-bond acceptors (Lipinski definition) is 6. The number of aromatic nitrogens is 2. The van der Waals surface area contributed by atoms with Crippen molar-refractivity contribution in [2.75, 3.05) is 14.2 Å². The quantitative estimate of drug-likeness (QED) is 0.278. The Kier molecular flexibility index (Phi) is 6.70. The minimum atomic E-state index is -1.91. The molecule has 0 saturated carbocycles. The number of aliphatic hydroxyl groups is 1. The lowest BCUT2D eigenvalue weighted by molar-refractivity contribution is -0.136. The molecule has 4 rings (SSSR count). The maximum Gasteiger partial charge on any atom is 0.281 e. The summed E-state index contributed by atoms with van der Waals surface area (Å²) in [6, 6.07) is 22.9. The summed E-state index contributed by atoms with van der Waals surface area (Å²) in [4.78, 5) is 13.2. The largest absolute Gasteiger partial charge is 0.493 e. The molecule has 8 heteroatoms. The normalized spacial score (nSPS) is 11.4. The van der Waals surface area contributed by atoms with Crippen molar-refractivity contribution in [2.24, 2.45) is 5.10 Å². The Labute approximate surface area is 196 Å². The second-order valence-electron chi connectivity index (χ2n) is 7.41. The van der Waals surface area contributed by atoms with Crippen LogP contribution in [0, 0.1) is 0 Å². The van der Waals surface area contributed by atoms with Gasteiger partial charge in [-0.05, 0) is 29.3 Å². The fourth-order valence-corrected chi connectivity index (χ4v) is 3.65. The zero-order chi connectivity index (χ0) is 24.0. The van der Waals surface area contributed by atoms with Crippen molar-refractivity contribution in [1.29, 1.82) is 0 Å². The average Bonchev–Trinajstić information content (AvgIpc) is 3.37. The minimum absolute atomic E-state index is 0.434. The summed E-state index contributed by atoms with van der Waals surface area (Å²) in [5.41, 5.74) is 3.54. The number of carbonyl (C=O) groups is 1. The zero-order valence-corrected chi connectivity index (χ0v) is 18.7. The molecule has 1 aromatic heterocycles. The molecule has 172 valence electrons. The molecule has 0 saturated heterocycles. The van der Waals surface area contributed by atoms with Gasteiger partial charge in [0.25, 0.3) is 5.91 Å². The number of carbonyl (C=O) groups excluding carboxylic acids is 1. The van der Waals surface area contributed by atoms with Gasteiger partial charge in [-0.1, -0.05) is 60.7 Å². The van der Waals surface area contributed by atoms with Gasteiger partial charge >= 0.3 is 0 Å². The fraction of sp³-hybridized carbons (Fsp3) is 0.115. The summed E-state index contributed by atoms with van der Waals surface area (Å²) in [7, 11) is 3.13. The van der Waals surface area contributed by atoms with Gasteiger partial charge in [-0.15, -0.1) is 0 Å². The van der Waals surface area contributed by atoms with E-state index in [1.54, 1.807) is 75.0 Å². The highest BCUT2D eigenvalue weighted by Crippen LogP contribution is 2.33. The predicted octanol–water partition coefficient (Wildman–Crippen LogP) is 3.48. The molecule has 0 atom stereocenters. The van der Waals surface area contributed by atoms with Crippen molar-refractivity contribution in [3.8, 4) is 22.8 Å². The van der Waals surface area contributed by atoms with Crippen LogP contribution in [0.3, 0.4) is 0 Å². The van der Waals surface area contributed by atoms with Gasteiger partial charge in [0, 0.05) is 11.1 Å². The second-order valence-corrected chi connectivity index (χ2v) is 7.41. The molecule has 8 nitrogen and oxygen atoms in total. The van der Waals surface area contributed by atoms with Crippen molar-refractivity contribution in [3.63, 3.8) is 0 Å². The molecule has 1 heterocycles. The number of aromatic amines is 1. The Bertz CT molecular complexity index is 1250. The Morgan fingerprint density at radius 1 is 0.971 bits per heavy atom. The number of H-pyrrole nitrogens is 1. The van der Waals surface area contributed by atoms with Crippen molar-refractivity contribution in [2.45, 2.75) is 5.60 Å². The monoisotopic (exact) mass is 456 g/mol. The summed E-state index contributed by atoms with van der Waals surface area (Å²) < 4.78 is 10.7. The van der Waals surface area contributed by atoms with Crippen LogP contribution in [0.4, 0.5) is 0 Å². The first kappa shape index (κ1) is 22.8. The smallest absolute Gasteiger partial charge is 0.281 e. The van der Waals surface area contributed by atoms with Crippen LogP contribution in [0.2, 0.25) is 0 Å². The summed E-state index contributed by atoms with van der Waals surface area (Å²) in [6.07, 6.45) is 3.05. The first-order valence-corrected chi connectivity index (χ1v) is 10.5. The van der Waals surface area contributed by atoms with E-state index in [0.29, 0.717) is 33.9 Å². The third kappa shape index (κ3) is 4.39. The number of rotatable bonds is 8. The standard InChI is InChI=1S/C26H24N4O4/c1-33-22-14-13-18(15-23(22)34-2)24-19(16-27-29-24)17-28-30-25(31)26(32,20-9-5-3-6-10-20)21-11-7-4-8-12-21/h3-17,32H,1-2H3,(H,27,29)(H,30,31)/b28-17+. The third-order valence-corrected chi connectivity index (χ3v) is 5.42. The molecule has 1 amide bonds. The minimum Gasteiger partial charge on any atom is -0.493 e. The lowest BCUT2D eigenvalue weighted by atomic mass is 9.85. The van der Waals surface area contributed by atoms with E-state index in [1.165, 1.54) is 6.21 Å². The summed E-state index contributed by atoms with van der Waals surface area (Å²) in [5, 5.41) is 22.6. The molecule has 3 N–H and O–H groups in total. The van der Waals surface area contributed by atoms with Gasteiger partial charge in [-0.2, -0.15) is 10.2 Å². The van der Waals surface area contributed by atoms with Crippen LogP contribution in [0.1, 0.15) is 16.7 Å². The molecule has 0 aliphatic carbocycles. The number of nitrogens with one attached hydrogen (secondary N) is 2. The molecule has 0 radical (unpaired) electrons. The molecule has 0 bridgehead atoms. The number of ether oxygens (including phenoxy) is 2. The van der Waals surface area contributed by atoms with Gasteiger partial charge in [0.05, 0.1) is 32.3 Å². The first-order valence-electron chi connectivity index (χ1n) is 10.5. The molecule has 0 spiro atoms. The van der Waals surface area contributed by atoms with Crippen LogP contribution in [-0.2, 0) is 10.4 Å². The number of methoxy groups -OCH3 is 2. The Balaban J connectivity index is 1.59. The summed E-state index contributed by atoms with van der Waals surface area (Å²) in [5.74, 6) is 0.494. The number of amides is 1. The maximum atomic E-state index is 13.2. The summed E-state index contributed by atoms with van der Waals surface area (Å²) >= 11 is 0. The van der Waals surface area contributed by atoms with Gasteiger partial charge < -0.3 is 14.6 Å². The van der Waals surface area contributed by atoms with Gasteiger partial charge in [0.2, 0.25) is 0 Å². The molecule has 3 aromatic carbocycles. The molecule has 0 fully saturated rings. The lowest BCUT2D eigenvalue weighted by Gasteiger charge is -2.27. The number of hydrazone groups is 1. The SMILES string of the molecule is COc1ccc(-c2[nH]ncc2/C=N/NC(=O)C(O)(c2ccccc2)c2ccccc2)cc1OC. The van der Waals surface area contributed by atoms with Crippen LogP contribution >= 0.6 is 0 Å². The van der Waals surface area contributed by atoms with E-state index in [1.807, 2.05) is 24.3 Å². The summed E-state index contributed by atoms with van der Waals surface area (Å²) in [6.45, 7) is 0. The molecule has 0 aliphatic rings. The Morgan fingerprint density at radius 2 is 1.59 bits per heavy atom. The van der Waals surface area contributed by atoms with E-state index in [-0.39, 0.29) is 0 Å². The molecule has 0 aliphatic heterocycles. The van der Waals surface area contributed by atoms with E-state index in [2.05, 4.69) is 20.7 Å². The molecular formula is C26H24N4O4. The van der Waals surface area contributed by atoms with Crippen molar-refractivity contribution < 1.29 is 19.4 Å². The van der Waals surface area contributed by atoms with Crippen LogP contribution in [0.15, 0.2) is 90.2 Å². The van der Waals surface area contributed by atoms with Crippen LogP contribution < -0.4 is 14.9 Å². The molecule has 0 unspecified atom stereocenters. The highest BCUT2D eigenvalue weighted by atomic mass is 16.5. The van der Waals surface area contributed by atoms with Gasteiger partial charge in [0.1, 0.15) is 0 Å². The predicted molar refractivity (Wildman–Crippen MR) is 129 cm³/mol. The average molecular weight is 457 g/mol. The second kappa shape index (κ2) is 10.0. The van der Waals surface area contributed by atoms with Crippen LogP contribution in [0.25, 0.3) is 11.3 Å². The third-order valence-electron chi connectivity index (χ3n) is 5.42. The van der Waals surface area contributed by atoms with E-state index < -0.39 is 11.5 Å². The van der Waals surface area contributed by atoms with Crippen molar-refractivity contribution in [3.05, 3.63) is 102 Å². The van der Waals surface area contributed by atoms with Crippen LogP contribution in [0.5, 0.6) is 11.5 Å². The van der Waals surface area contributed by atoms with E-state index >= 15 is 0 Å². The topological polar surface area (TPSA) is 109 Å².